The van der Waals surface area contributed by atoms with Gasteiger partial charge in [0.2, 0.25) is 0 Å². The molecule has 0 aliphatic heterocycles. The molecule has 0 aliphatic carbocycles. The molecule has 195 valence electrons. The summed E-state index contributed by atoms with van der Waals surface area (Å²) in [5.41, 5.74) is 5.73. The van der Waals surface area contributed by atoms with Crippen molar-refractivity contribution in [3.05, 3.63) is 58.7 Å². The molecule has 2 aromatic carbocycles. The summed E-state index contributed by atoms with van der Waals surface area (Å²) in [5.74, 6) is 2.22. The molecule has 0 saturated heterocycles. The van der Waals surface area contributed by atoms with Crippen LogP contribution in [0, 0.1) is 0 Å². The van der Waals surface area contributed by atoms with Gasteiger partial charge in [0.1, 0.15) is 0 Å². The molecule has 0 saturated carbocycles. The molecule has 3 heteroatoms. The minimum atomic E-state index is -2.63. The third kappa shape index (κ3) is 10.4. The van der Waals surface area contributed by atoms with Gasteiger partial charge in [-0.05, 0) is 0 Å². The molecule has 2 rings (SSSR count). The predicted octanol–water partition coefficient (Wildman–Crippen LogP) is 9.80. The molecule has 2 nitrogen and oxygen atoms in total. The summed E-state index contributed by atoms with van der Waals surface area (Å²) in [6, 6.07) is 13.3. The standard InChI is InChI=1S/2C12H18O.C8H17.Sn/c2*1-3-5-8-11-10(4-2)7-6-9-12(11)13;1-3-5-7-8-6-4-2;/h2*6-7,9,13H,3-5,8H2,1-2H3;1,3-8H2,2H3;/q;;;+2/p-2. The van der Waals surface area contributed by atoms with E-state index >= 15 is 0 Å². The van der Waals surface area contributed by atoms with Crippen LogP contribution in [0.2, 0.25) is 4.44 Å². The van der Waals surface area contributed by atoms with Crippen LogP contribution < -0.4 is 6.15 Å². The van der Waals surface area contributed by atoms with Crippen LogP contribution >= 0.6 is 0 Å². The van der Waals surface area contributed by atoms with Gasteiger partial charge in [0, 0.05) is 0 Å². The molecule has 2 aromatic rings. The average Bonchev–Trinajstić information content (AvgIpc) is 2.88. The molecule has 0 fully saturated rings. The van der Waals surface area contributed by atoms with E-state index in [-0.39, 0.29) is 0 Å². The van der Waals surface area contributed by atoms with Crippen LogP contribution in [0.25, 0.3) is 0 Å². The summed E-state index contributed by atoms with van der Waals surface area (Å²) >= 11 is -2.63. The van der Waals surface area contributed by atoms with Crippen molar-refractivity contribution in [2.75, 3.05) is 0 Å². The summed E-state index contributed by atoms with van der Waals surface area (Å²) in [4.78, 5) is 0. The van der Waals surface area contributed by atoms with Gasteiger partial charge in [-0.15, -0.1) is 0 Å². The quantitative estimate of drug-likeness (QED) is 0.121. The van der Waals surface area contributed by atoms with Gasteiger partial charge in [-0.2, -0.15) is 0 Å². The fraction of sp³-hybridized carbons (Fsp3) is 0.625. The number of benzene rings is 2. The van der Waals surface area contributed by atoms with Crippen molar-refractivity contribution < 1.29 is 6.15 Å². The Morgan fingerprint density at radius 1 is 0.543 bits per heavy atom. The molecule has 0 bridgehead atoms. The summed E-state index contributed by atoms with van der Waals surface area (Å²) in [6.45, 7) is 11.4. The topological polar surface area (TPSA) is 18.5 Å². The fourth-order valence-corrected chi connectivity index (χ4v) is 9.50. The Balaban J connectivity index is 2.27. The molecule has 0 atom stereocenters. The van der Waals surface area contributed by atoms with E-state index in [1.807, 2.05) is 0 Å². The Morgan fingerprint density at radius 2 is 1.00 bits per heavy atom. The van der Waals surface area contributed by atoms with Crippen LogP contribution in [0.1, 0.15) is 121 Å². The van der Waals surface area contributed by atoms with Crippen molar-refractivity contribution in [3.8, 4) is 11.5 Å². The number of hydrogen-bond donors (Lipinski definition) is 0. The number of unbranched alkanes of at least 4 members (excludes halogenated alkanes) is 7. The maximum atomic E-state index is 6.92. The van der Waals surface area contributed by atoms with Crippen molar-refractivity contribution in [1.82, 2.24) is 0 Å². The molecule has 0 amide bonds. The Labute approximate surface area is 225 Å². The first-order valence-electron chi connectivity index (χ1n) is 14.6. The third-order valence-electron chi connectivity index (χ3n) is 6.96. The number of aryl methyl sites for hydroxylation is 2. The first kappa shape index (κ1) is 30.1. The van der Waals surface area contributed by atoms with E-state index in [9.17, 15) is 0 Å². The van der Waals surface area contributed by atoms with E-state index in [0.717, 1.165) is 41.6 Å². The van der Waals surface area contributed by atoms with E-state index in [4.69, 9.17) is 6.15 Å². The Bertz CT molecular complexity index is 771. The SMILES string of the molecule is CCCCCCC[CH2][Sn]([O]c1cccc(CC)c1CCCC)[O]c1cccc(CC)c1CCCC. The Kier molecular flexibility index (Phi) is 15.6. The van der Waals surface area contributed by atoms with Crippen LogP contribution in [-0.4, -0.2) is 20.6 Å². The van der Waals surface area contributed by atoms with Crippen molar-refractivity contribution >= 4 is 20.6 Å². The van der Waals surface area contributed by atoms with E-state index < -0.39 is 20.6 Å². The fourth-order valence-electron chi connectivity index (χ4n) is 4.77. The van der Waals surface area contributed by atoms with Crippen LogP contribution in [0.5, 0.6) is 11.5 Å². The van der Waals surface area contributed by atoms with E-state index in [2.05, 4.69) is 71.0 Å². The normalized spacial score (nSPS) is 11.3. The van der Waals surface area contributed by atoms with Crippen LogP contribution in [-0.2, 0) is 25.7 Å². The third-order valence-corrected chi connectivity index (χ3v) is 11.7. The van der Waals surface area contributed by atoms with Crippen LogP contribution in [0.4, 0.5) is 0 Å². The van der Waals surface area contributed by atoms with Gasteiger partial charge < -0.3 is 0 Å². The summed E-state index contributed by atoms with van der Waals surface area (Å²) in [5, 5.41) is 0. The molecule has 0 spiro atoms. The second kappa shape index (κ2) is 18.1. The molecule has 0 heterocycles. The average molecular weight is 586 g/mol. The van der Waals surface area contributed by atoms with Gasteiger partial charge in [-0.3, -0.25) is 0 Å². The van der Waals surface area contributed by atoms with Crippen LogP contribution in [0.3, 0.4) is 0 Å². The molecule has 0 N–H and O–H groups in total. The van der Waals surface area contributed by atoms with Gasteiger partial charge in [-0.1, -0.05) is 0 Å². The Morgan fingerprint density at radius 3 is 1.46 bits per heavy atom. The second-order valence-corrected chi connectivity index (χ2v) is 14.5. The number of rotatable bonds is 19. The Hall–Kier alpha value is -1.16. The van der Waals surface area contributed by atoms with E-state index in [0.29, 0.717) is 0 Å². The zero-order chi connectivity index (χ0) is 25.3. The zero-order valence-corrected chi connectivity index (χ0v) is 26.2. The van der Waals surface area contributed by atoms with Crippen molar-refractivity contribution in [1.29, 1.82) is 0 Å². The minimum absolute atomic E-state index is 1.06. The predicted molar refractivity (Wildman–Crippen MR) is 154 cm³/mol. The molecule has 0 unspecified atom stereocenters. The van der Waals surface area contributed by atoms with Gasteiger partial charge in [-0.25, -0.2) is 0 Å². The van der Waals surface area contributed by atoms with Crippen molar-refractivity contribution in [2.45, 2.75) is 129 Å². The maximum absolute atomic E-state index is 6.92. The summed E-state index contributed by atoms with van der Waals surface area (Å²) in [7, 11) is 0. The van der Waals surface area contributed by atoms with Gasteiger partial charge in [0.15, 0.2) is 0 Å². The monoisotopic (exact) mass is 587 g/mol. The van der Waals surface area contributed by atoms with E-state index in [1.54, 1.807) is 0 Å². The summed E-state index contributed by atoms with van der Waals surface area (Å²) < 4.78 is 15.0. The van der Waals surface area contributed by atoms with Gasteiger partial charge >= 0.3 is 226 Å². The molecule has 0 aromatic heterocycles. The van der Waals surface area contributed by atoms with Crippen LogP contribution in [0.15, 0.2) is 36.4 Å². The van der Waals surface area contributed by atoms with Gasteiger partial charge in [0.05, 0.1) is 0 Å². The second-order valence-electron chi connectivity index (χ2n) is 9.80. The number of hydrogen-bond acceptors (Lipinski definition) is 2. The summed E-state index contributed by atoms with van der Waals surface area (Å²) in [6.07, 6.45) is 17.1. The first-order valence-corrected chi connectivity index (χ1v) is 19.0. The zero-order valence-electron chi connectivity index (χ0n) is 23.4. The van der Waals surface area contributed by atoms with Crippen molar-refractivity contribution in [3.63, 3.8) is 0 Å². The molecule has 0 aliphatic rings. The molecule has 1 radical (unpaired) electrons. The molecular weight excluding hydrogens is 535 g/mol. The first-order chi connectivity index (χ1) is 17.2. The molecule has 35 heavy (non-hydrogen) atoms. The molecular formula is C32H51O2Sn. The van der Waals surface area contributed by atoms with E-state index in [1.165, 1.54) is 86.5 Å². The van der Waals surface area contributed by atoms with Gasteiger partial charge in [0.25, 0.3) is 0 Å². The van der Waals surface area contributed by atoms with Crippen molar-refractivity contribution in [2.24, 2.45) is 0 Å².